The van der Waals surface area contributed by atoms with E-state index >= 15 is 0 Å². The normalized spacial score (nSPS) is 15.7. The van der Waals surface area contributed by atoms with Crippen LogP contribution in [0.3, 0.4) is 0 Å². The van der Waals surface area contributed by atoms with Crippen molar-refractivity contribution < 1.29 is 101 Å². The molecule has 0 rings (SSSR count). The smallest absolute Gasteiger partial charge is 0.259 e. The Morgan fingerprint density at radius 3 is 1.05 bits per heavy atom. The summed E-state index contributed by atoms with van der Waals surface area (Å²) in [4.78, 5) is 274. The maximum Gasteiger partial charge on any atom is 0.259 e. The van der Waals surface area contributed by atoms with Crippen LogP contribution in [-0.2, 0) is 101 Å². The van der Waals surface area contributed by atoms with Crippen molar-refractivity contribution in [2.75, 3.05) is 19.6 Å². The van der Waals surface area contributed by atoms with E-state index in [9.17, 15) is 101 Å². The second-order valence-electron chi connectivity index (χ2n) is 23.9. The monoisotopic (exact) mass is 1470 g/mol. The molecule has 576 valence electrons. The first-order chi connectivity index (χ1) is 48.4. The van der Waals surface area contributed by atoms with Crippen LogP contribution in [0.15, 0.2) is 0 Å². The summed E-state index contributed by atoms with van der Waals surface area (Å²) in [7, 11) is 0. The molecule has 44 nitrogen and oxygen atoms in total. The lowest BCUT2D eigenvalue weighted by Gasteiger charge is -2.31. The van der Waals surface area contributed by atoms with Gasteiger partial charge in [-0.15, -0.1) is 0 Å². The van der Waals surface area contributed by atoms with Gasteiger partial charge < -0.3 is 114 Å². The fraction of sp³-hybridized carbons (Fsp3) is 0.627. The molecule has 0 aromatic heterocycles. The number of carbonyl (C=O) groups is 21. The van der Waals surface area contributed by atoms with E-state index in [2.05, 4.69) is 101 Å². The lowest BCUT2D eigenvalue weighted by molar-refractivity contribution is -0.138. The molecule has 0 spiro atoms. The van der Waals surface area contributed by atoms with Crippen molar-refractivity contribution in [3.8, 4) is 0 Å². The zero-order valence-corrected chi connectivity index (χ0v) is 58.4. The number of rotatable bonds is 57. The van der Waals surface area contributed by atoms with Gasteiger partial charge in [0.2, 0.25) is 23.6 Å². The SMILES string of the molecule is CC(=O)N[C@@H](NCC=O)C(=O)N[C@@H](N[C@@H](C=O)CCC(N)=O)C(=O)N[C@@H](N[C@@H](C=O)C(C)C)C(=O)N[C@@H](NCC=O)C(=O)N[C@@H](N[C@@H](C=O)CCCNC(=N)N)C(=O)N[C@@H](N[C@@H](C=O)CCC(N)=O)C(=O)N[C@@H](N[C@@H](C=O)CC(C)C)C(=O)N[C@@H](N[C@@H](C)C=O)C(=O)N[C@@H](C)C(=O)N[C@@H](C)C(C)=O. The van der Waals surface area contributed by atoms with Crippen LogP contribution >= 0.6 is 0 Å². The summed E-state index contributed by atoms with van der Waals surface area (Å²) in [5.74, 6) is -16.7. The Morgan fingerprint density at radius 2 is 0.718 bits per heavy atom. The molecule has 44 heteroatoms. The maximum atomic E-state index is 14.9. The molecule has 0 saturated heterocycles. The first-order valence-electron chi connectivity index (χ1n) is 32.2. The van der Waals surface area contributed by atoms with Crippen LogP contribution in [0.4, 0.5) is 0 Å². The first-order valence-corrected chi connectivity index (χ1v) is 32.2. The molecule has 0 aromatic rings. The highest BCUT2D eigenvalue weighted by Crippen LogP contribution is 2.07. The van der Waals surface area contributed by atoms with Crippen molar-refractivity contribution in [3.63, 3.8) is 0 Å². The van der Waals surface area contributed by atoms with Crippen molar-refractivity contribution in [2.45, 2.75) is 205 Å². The van der Waals surface area contributed by atoms with E-state index in [-0.39, 0.29) is 56.9 Å². The van der Waals surface area contributed by atoms with Gasteiger partial charge in [0.1, 0.15) is 56.3 Å². The Morgan fingerprint density at radius 1 is 0.379 bits per heavy atom. The number of amides is 12. The highest BCUT2D eigenvalue weighted by molar-refractivity contribution is 5.99. The molecule has 0 aromatic carbocycles. The van der Waals surface area contributed by atoms with Gasteiger partial charge >= 0.3 is 0 Å². The van der Waals surface area contributed by atoms with Gasteiger partial charge in [0.15, 0.2) is 61.1 Å². The predicted octanol–water partition coefficient (Wildman–Crippen LogP) is -12.8. The zero-order valence-electron chi connectivity index (χ0n) is 58.4. The number of hydrogen-bond acceptors (Lipinski definition) is 30. The molecular formula is C59H99N23O21. The molecule has 0 aliphatic rings. The molecule has 12 amide bonds. The summed E-state index contributed by atoms with van der Waals surface area (Å²) in [5.41, 5.74) is 16.0. The van der Waals surface area contributed by atoms with E-state index in [1.54, 1.807) is 13.8 Å². The number of primary amides is 2. The van der Waals surface area contributed by atoms with Crippen molar-refractivity contribution in [1.29, 1.82) is 5.41 Å². The number of aldehydes is 8. The molecule has 103 heavy (non-hydrogen) atoms. The number of hydrogen-bond donors (Lipinski definition) is 23. The number of ketones is 1. The third kappa shape index (κ3) is 38.3. The molecule has 0 saturated carbocycles. The Balaban J connectivity index is 8.28. The number of nitrogens with one attached hydrogen (secondary N) is 20. The topological polar surface area (TPSA) is 689 Å². The van der Waals surface area contributed by atoms with Crippen LogP contribution in [0.25, 0.3) is 0 Å². The first kappa shape index (κ1) is 92.6. The summed E-state index contributed by atoms with van der Waals surface area (Å²) in [6.07, 6.45) is -17.2. The fourth-order valence-corrected chi connectivity index (χ4v) is 8.56. The second kappa shape index (κ2) is 50.0. The highest BCUT2D eigenvalue weighted by atomic mass is 16.2. The summed E-state index contributed by atoms with van der Waals surface area (Å²) in [6.45, 7) is 10.9. The average molecular weight is 1470 g/mol. The summed E-state index contributed by atoms with van der Waals surface area (Å²) in [5, 5.41) is 52.1. The lowest BCUT2D eigenvalue weighted by atomic mass is 10.0. The number of Topliss-reactive ketones (excluding diaryl/α,β-unsaturated/α-hetero) is 1. The molecular weight excluding hydrogens is 1370 g/mol. The zero-order chi connectivity index (χ0) is 78.6. The Bertz CT molecular complexity index is 2960. The van der Waals surface area contributed by atoms with Gasteiger partial charge in [-0.3, -0.25) is 110 Å². The molecule has 26 N–H and O–H groups in total. The molecule has 16 atom stereocenters. The standard InChI is InChI=1S/C59H99N23O21/c1-28(2)21-38(26-89)74-48(57(102)77-44(67-30(5)22-85)53(98)69-32(7)50(95)68-31(6)33(8)91)81-55(100)47(73-37(25-88)13-15-41(61)94)80-54(99)45(71-35(23-86)11-10-16-66-59(62)63)79-52(97)43(65-18-20-84)76-58(103)49(75-39(27-90)29(3)4)82-56(101)46(72-36(24-87)12-14-40(60)93)78-51(96)42(64-17-19-83)70-34(9)92/h19-20,22-32,35-39,42-49,64-65,67,71-75H,10-18,21H2,1-9H3,(H2,60,93)(H2,61,94)(H,68,95)(H,69,98)(H,70,92)(H,76,103)(H,77,102)(H,78,96)(H,79,97)(H,80,99)(H,81,100)(H,82,101)(H4,62,63,66)/t30-,31-,32-,35+,36+,37+,38+,39-,42+,43+,44+,45+,46+,47+,48+,49+/m0/s1. The molecule has 0 aliphatic heterocycles. The van der Waals surface area contributed by atoms with Gasteiger partial charge in [-0.25, -0.2) is 0 Å². The van der Waals surface area contributed by atoms with E-state index < -0.39 is 225 Å². The van der Waals surface area contributed by atoms with E-state index in [4.69, 9.17) is 22.6 Å². The Labute approximate surface area is 591 Å². The molecule has 0 unspecified atom stereocenters. The van der Waals surface area contributed by atoms with Crippen molar-refractivity contribution in [3.05, 3.63) is 0 Å². The van der Waals surface area contributed by atoms with Gasteiger partial charge in [-0.05, 0) is 71.6 Å². The van der Waals surface area contributed by atoms with Crippen molar-refractivity contribution >= 4 is 133 Å². The average Bonchev–Trinajstić information content (AvgIpc) is 0.854. The second-order valence-corrected chi connectivity index (χ2v) is 23.9. The van der Waals surface area contributed by atoms with E-state index in [1.807, 2.05) is 0 Å². The predicted molar refractivity (Wildman–Crippen MR) is 359 cm³/mol. The third-order valence-corrected chi connectivity index (χ3v) is 14.2. The van der Waals surface area contributed by atoms with E-state index in [1.165, 1.54) is 41.5 Å². The third-order valence-electron chi connectivity index (χ3n) is 14.2. The minimum absolute atomic E-state index is 0.00432. The van der Waals surface area contributed by atoms with E-state index in [0.717, 1.165) is 6.92 Å². The number of nitrogens with two attached hydrogens (primary N) is 3. The van der Waals surface area contributed by atoms with E-state index in [0.29, 0.717) is 25.1 Å². The van der Waals surface area contributed by atoms with Crippen LogP contribution in [-0.4, -0.2) is 250 Å². The van der Waals surface area contributed by atoms with Gasteiger partial charge in [0.05, 0.1) is 55.4 Å². The molecule has 0 fully saturated rings. The summed E-state index contributed by atoms with van der Waals surface area (Å²) < 4.78 is 0. The largest absolute Gasteiger partial charge is 0.370 e. The van der Waals surface area contributed by atoms with Gasteiger partial charge in [0, 0.05) is 26.3 Å². The summed E-state index contributed by atoms with van der Waals surface area (Å²) >= 11 is 0. The molecule has 0 radical (unpaired) electrons. The van der Waals surface area contributed by atoms with Crippen molar-refractivity contribution in [1.82, 2.24) is 101 Å². The van der Waals surface area contributed by atoms with Crippen LogP contribution in [0.1, 0.15) is 107 Å². The van der Waals surface area contributed by atoms with Crippen LogP contribution in [0, 0.1) is 17.2 Å². The van der Waals surface area contributed by atoms with Gasteiger partial charge in [0.25, 0.3) is 47.3 Å². The van der Waals surface area contributed by atoms with Crippen molar-refractivity contribution in [2.24, 2.45) is 29.0 Å². The molecule has 0 bridgehead atoms. The quantitative estimate of drug-likeness (QED) is 0.00884. The highest BCUT2D eigenvalue weighted by Gasteiger charge is 2.39. The van der Waals surface area contributed by atoms with Gasteiger partial charge in [-0.2, -0.15) is 0 Å². The Hall–Kier alpha value is -10.4. The maximum absolute atomic E-state index is 14.9. The number of carbonyl (C=O) groups excluding carboxylic acids is 21. The Kier molecular flexibility index (Phi) is 45.0. The van der Waals surface area contributed by atoms with Crippen LogP contribution in [0.5, 0.6) is 0 Å². The minimum Gasteiger partial charge on any atom is -0.370 e. The summed E-state index contributed by atoms with van der Waals surface area (Å²) in [6, 6.07) is -10.9. The van der Waals surface area contributed by atoms with Crippen LogP contribution < -0.4 is 118 Å². The van der Waals surface area contributed by atoms with Gasteiger partial charge in [-0.1, -0.05) is 27.7 Å². The lowest BCUT2D eigenvalue weighted by Crippen LogP contribution is -2.70. The minimum atomic E-state index is -2.34. The van der Waals surface area contributed by atoms with Crippen LogP contribution in [0.2, 0.25) is 0 Å². The number of guanidine groups is 1. The molecule has 0 heterocycles. The fourth-order valence-electron chi connectivity index (χ4n) is 8.56. The molecule has 0 aliphatic carbocycles.